The van der Waals surface area contributed by atoms with Gasteiger partial charge in [-0.1, -0.05) is 17.7 Å². The Bertz CT molecular complexity index is 982. The number of nitrogens with two attached hydrogens (primary N) is 1. The molecule has 2 aromatic carbocycles. The fourth-order valence-electron chi connectivity index (χ4n) is 3.55. The van der Waals surface area contributed by atoms with Crippen molar-refractivity contribution in [1.82, 2.24) is 9.55 Å². The first-order valence-corrected chi connectivity index (χ1v) is 9.22. The summed E-state index contributed by atoms with van der Waals surface area (Å²) in [6, 6.07) is 9.33. The molecular formula is C20H22ClFN4. The minimum Gasteiger partial charge on any atom is -0.341 e. The van der Waals surface area contributed by atoms with Crippen LogP contribution in [0.5, 0.6) is 0 Å². The molecule has 1 saturated heterocycles. The molecule has 1 aliphatic heterocycles. The van der Waals surface area contributed by atoms with E-state index < -0.39 is 5.82 Å². The van der Waals surface area contributed by atoms with E-state index in [1.807, 2.05) is 0 Å². The van der Waals surface area contributed by atoms with Crippen molar-refractivity contribution in [3.8, 4) is 0 Å². The first kappa shape index (κ1) is 17.3. The molecule has 4 nitrogen and oxygen atoms in total. The van der Waals surface area contributed by atoms with Crippen LogP contribution in [0.15, 0.2) is 30.3 Å². The number of hydrogen-bond acceptors (Lipinski definition) is 3. The number of hydrogen-bond donors (Lipinski definition) is 1. The summed E-state index contributed by atoms with van der Waals surface area (Å²) in [7, 11) is 0. The molecule has 2 N–H and O–H groups in total. The summed E-state index contributed by atoms with van der Waals surface area (Å²) in [6.07, 6.45) is 0.962. The Balaban J connectivity index is 1.83. The van der Waals surface area contributed by atoms with Crippen molar-refractivity contribution in [2.45, 2.75) is 32.9 Å². The zero-order valence-electron chi connectivity index (χ0n) is 15.0. The number of benzene rings is 2. The van der Waals surface area contributed by atoms with E-state index in [1.165, 1.54) is 17.2 Å². The number of aryl methyl sites for hydroxylation is 2. The van der Waals surface area contributed by atoms with Gasteiger partial charge in [-0.05, 0) is 61.2 Å². The van der Waals surface area contributed by atoms with Gasteiger partial charge in [0.15, 0.2) is 0 Å². The normalized spacial score (nSPS) is 17.4. The second kappa shape index (κ2) is 6.56. The molecule has 0 bridgehead atoms. The summed E-state index contributed by atoms with van der Waals surface area (Å²) in [6.45, 7) is 6.48. The lowest BCUT2D eigenvalue weighted by molar-refractivity contribution is 0.627. The fraction of sp³-hybridized carbons (Fsp3) is 0.350. The van der Waals surface area contributed by atoms with Crippen LogP contribution >= 0.6 is 11.6 Å². The van der Waals surface area contributed by atoms with Gasteiger partial charge in [-0.25, -0.2) is 9.37 Å². The Morgan fingerprint density at radius 3 is 2.69 bits per heavy atom. The second-order valence-electron chi connectivity index (χ2n) is 7.17. The van der Waals surface area contributed by atoms with Crippen LogP contribution in [0, 0.1) is 19.7 Å². The third kappa shape index (κ3) is 3.06. The molecule has 0 radical (unpaired) electrons. The van der Waals surface area contributed by atoms with E-state index in [4.69, 9.17) is 22.3 Å². The molecule has 0 saturated carbocycles. The molecule has 6 heteroatoms. The lowest BCUT2D eigenvalue weighted by atomic mass is 10.1. The third-order valence-electron chi connectivity index (χ3n) is 5.18. The van der Waals surface area contributed by atoms with Crippen LogP contribution in [-0.2, 0) is 6.54 Å². The summed E-state index contributed by atoms with van der Waals surface area (Å²) in [4.78, 5) is 7.13. The highest BCUT2D eigenvalue weighted by molar-refractivity contribution is 6.30. The maximum absolute atomic E-state index is 13.5. The van der Waals surface area contributed by atoms with Gasteiger partial charge < -0.3 is 15.2 Å². The standard InChI is InChI=1S/C20H22ClFN4/c1-12-7-18-19(8-13(12)2)26(10-14-3-4-17(22)16(21)9-14)20(24-18)25-6-5-15(23)11-25/h3-4,7-9,15H,5-6,10-11,23H2,1-2H3. The molecule has 4 rings (SSSR count). The molecule has 0 aliphatic carbocycles. The Morgan fingerprint density at radius 1 is 1.23 bits per heavy atom. The van der Waals surface area contributed by atoms with E-state index >= 15 is 0 Å². The maximum Gasteiger partial charge on any atom is 0.206 e. The molecule has 0 spiro atoms. The van der Waals surface area contributed by atoms with Crippen LogP contribution in [0.4, 0.5) is 10.3 Å². The quantitative estimate of drug-likeness (QED) is 0.755. The van der Waals surface area contributed by atoms with Crippen LogP contribution in [0.25, 0.3) is 11.0 Å². The summed E-state index contributed by atoms with van der Waals surface area (Å²) < 4.78 is 15.7. The van der Waals surface area contributed by atoms with Crippen molar-refractivity contribution < 1.29 is 4.39 Å². The molecule has 1 fully saturated rings. The highest BCUT2D eigenvalue weighted by Crippen LogP contribution is 2.29. The number of nitrogens with zero attached hydrogens (tertiary/aromatic N) is 3. The van der Waals surface area contributed by atoms with Crippen molar-refractivity contribution in [3.63, 3.8) is 0 Å². The van der Waals surface area contributed by atoms with Crippen LogP contribution in [0.1, 0.15) is 23.1 Å². The zero-order valence-corrected chi connectivity index (χ0v) is 15.7. The van der Waals surface area contributed by atoms with E-state index in [1.54, 1.807) is 12.1 Å². The van der Waals surface area contributed by atoms with Gasteiger partial charge in [-0.2, -0.15) is 0 Å². The van der Waals surface area contributed by atoms with Crippen molar-refractivity contribution in [2.75, 3.05) is 18.0 Å². The average Bonchev–Trinajstić information content (AvgIpc) is 3.16. The fourth-order valence-corrected chi connectivity index (χ4v) is 3.76. The van der Waals surface area contributed by atoms with Gasteiger partial charge in [-0.3, -0.25) is 0 Å². The van der Waals surface area contributed by atoms with Crippen LogP contribution in [0.3, 0.4) is 0 Å². The molecule has 1 unspecified atom stereocenters. The first-order chi connectivity index (χ1) is 12.4. The van der Waals surface area contributed by atoms with Crippen molar-refractivity contribution >= 4 is 28.6 Å². The predicted octanol–water partition coefficient (Wildman–Crippen LogP) is 4.03. The van der Waals surface area contributed by atoms with Gasteiger partial charge in [0, 0.05) is 19.1 Å². The average molecular weight is 373 g/mol. The summed E-state index contributed by atoms with van der Waals surface area (Å²) in [5.41, 5.74) is 11.5. The summed E-state index contributed by atoms with van der Waals surface area (Å²) in [5.74, 6) is 0.515. The van der Waals surface area contributed by atoms with Crippen LogP contribution in [-0.4, -0.2) is 28.7 Å². The minimum absolute atomic E-state index is 0.142. The van der Waals surface area contributed by atoms with Crippen molar-refractivity contribution in [1.29, 1.82) is 0 Å². The molecule has 3 aromatic rings. The molecule has 26 heavy (non-hydrogen) atoms. The second-order valence-corrected chi connectivity index (χ2v) is 7.57. The molecule has 2 heterocycles. The minimum atomic E-state index is -0.400. The van der Waals surface area contributed by atoms with Gasteiger partial charge in [0.1, 0.15) is 5.82 Å². The Hall–Kier alpha value is -2.11. The van der Waals surface area contributed by atoms with Crippen molar-refractivity contribution in [3.05, 3.63) is 57.9 Å². The lowest BCUT2D eigenvalue weighted by Crippen LogP contribution is -2.28. The zero-order chi connectivity index (χ0) is 18.4. The van der Waals surface area contributed by atoms with E-state index in [0.29, 0.717) is 6.54 Å². The largest absolute Gasteiger partial charge is 0.341 e. The van der Waals surface area contributed by atoms with Crippen LogP contribution < -0.4 is 10.6 Å². The molecule has 136 valence electrons. The monoisotopic (exact) mass is 372 g/mol. The van der Waals surface area contributed by atoms with E-state index in [-0.39, 0.29) is 11.1 Å². The number of fused-ring (bicyclic) bond motifs is 1. The van der Waals surface area contributed by atoms with E-state index in [2.05, 4.69) is 35.4 Å². The maximum atomic E-state index is 13.5. The van der Waals surface area contributed by atoms with Gasteiger partial charge in [0.05, 0.1) is 22.6 Å². The number of halogens is 2. The number of rotatable bonds is 3. The van der Waals surface area contributed by atoms with Gasteiger partial charge in [0.2, 0.25) is 5.95 Å². The Morgan fingerprint density at radius 2 is 2.00 bits per heavy atom. The summed E-state index contributed by atoms with van der Waals surface area (Å²) >= 11 is 5.98. The highest BCUT2D eigenvalue weighted by Gasteiger charge is 2.25. The molecular weight excluding hydrogens is 351 g/mol. The first-order valence-electron chi connectivity index (χ1n) is 8.84. The van der Waals surface area contributed by atoms with E-state index in [0.717, 1.165) is 42.1 Å². The lowest BCUT2D eigenvalue weighted by Gasteiger charge is -2.19. The smallest absolute Gasteiger partial charge is 0.206 e. The SMILES string of the molecule is Cc1cc2nc(N3CCC(N)C3)n(Cc3ccc(F)c(Cl)c3)c2cc1C. The third-order valence-corrected chi connectivity index (χ3v) is 5.47. The summed E-state index contributed by atoms with van der Waals surface area (Å²) in [5, 5.41) is 0.142. The van der Waals surface area contributed by atoms with Gasteiger partial charge >= 0.3 is 0 Å². The predicted molar refractivity (Wildman–Crippen MR) is 105 cm³/mol. The number of imidazole rings is 1. The number of anilines is 1. The topological polar surface area (TPSA) is 47.1 Å². The van der Waals surface area contributed by atoms with E-state index in [9.17, 15) is 4.39 Å². The van der Waals surface area contributed by atoms with Crippen LogP contribution in [0.2, 0.25) is 5.02 Å². The molecule has 1 atom stereocenters. The van der Waals surface area contributed by atoms with Crippen molar-refractivity contribution in [2.24, 2.45) is 5.73 Å². The van der Waals surface area contributed by atoms with Gasteiger partial charge in [-0.15, -0.1) is 0 Å². The van der Waals surface area contributed by atoms with Gasteiger partial charge in [0.25, 0.3) is 0 Å². The Labute approximate surface area is 157 Å². The molecule has 0 amide bonds. The highest BCUT2D eigenvalue weighted by atomic mass is 35.5. The Kier molecular flexibility index (Phi) is 4.37. The number of aromatic nitrogens is 2. The molecule has 1 aromatic heterocycles. The molecule has 1 aliphatic rings.